The van der Waals surface area contributed by atoms with Gasteiger partial charge in [-0.2, -0.15) is 0 Å². The molecule has 0 bridgehead atoms. The molecule has 4 N–H and O–H groups in total. The molecule has 1 unspecified atom stereocenters. The molecular weight excluding hydrogens is 382 g/mol. The van der Waals surface area contributed by atoms with Gasteiger partial charge in [0.1, 0.15) is 17.6 Å². The summed E-state index contributed by atoms with van der Waals surface area (Å²) in [6.07, 6.45) is 3.37. The lowest BCUT2D eigenvalue weighted by molar-refractivity contribution is 0.378. The Morgan fingerprint density at radius 1 is 1.37 bits per heavy atom. The van der Waals surface area contributed by atoms with E-state index in [1.807, 2.05) is 19.1 Å². The summed E-state index contributed by atoms with van der Waals surface area (Å²) >= 11 is 0. The molecule has 1 atom stereocenters. The van der Waals surface area contributed by atoms with Gasteiger partial charge in [0.05, 0.1) is 18.4 Å². The Morgan fingerprint density at radius 3 is 2.47 bits per heavy atom. The number of nitriles is 1. The number of aliphatic hydroxyl groups excluding tert-OH is 1. The fourth-order valence-corrected chi connectivity index (χ4v) is 2.23. The number of amidine groups is 1. The molecule has 0 fully saturated rings. The summed E-state index contributed by atoms with van der Waals surface area (Å²) in [6, 6.07) is 6.60. The van der Waals surface area contributed by atoms with Crippen LogP contribution < -0.4 is 15.2 Å². The highest BCUT2D eigenvalue weighted by molar-refractivity contribution is 6.02. The molecule has 0 aliphatic heterocycles. The number of ether oxygens (including phenoxy) is 2. The van der Waals surface area contributed by atoms with Gasteiger partial charge in [-0.3, -0.25) is 9.98 Å². The van der Waals surface area contributed by atoms with Crippen molar-refractivity contribution in [2.24, 2.45) is 10.7 Å². The average molecular weight is 409 g/mol. The maximum absolute atomic E-state index is 9.47. The summed E-state index contributed by atoms with van der Waals surface area (Å²) in [7, 11) is 1.46. The predicted octanol–water partition coefficient (Wildman–Crippen LogP) is 4.14. The summed E-state index contributed by atoms with van der Waals surface area (Å²) in [5.41, 5.74) is 9.56. The number of nitrogens with zero attached hydrogens (tertiary/aromatic N) is 3. The number of hydrogen-bond acceptors (Lipinski definition) is 7. The number of aliphatic imine (C=N–C) groups is 1. The van der Waals surface area contributed by atoms with Crippen molar-refractivity contribution in [3.05, 3.63) is 53.9 Å². The summed E-state index contributed by atoms with van der Waals surface area (Å²) in [5.74, 6) is 0.405. The van der Waals surface area contributed by atoms with Crippen molar-refractivity contribution in [3.63, 3.8) is 0 Å². The zero-order valence-corrected chi connectivity index (χ0v) is 17.9. The van der Waals surface area contributed by atoms with Crippen LogP contribution in [0.25, 0.3) is 11.3 Å². The van der Waals surface area contributed by atoms with Crippen molar-refractivity contribution in [3.8, 4) is 29.0 Å². The number of nitrogens with two attached hydrogens (primary N) is 1. The highest BCUT2D eigenvalue weighted by atomic mass is 16.5. The number of nitrogens with one attached hydrogen (secondary N) is 1. The Labute approximate surface area is 176 Å². The van der Waals surface area contributed by atoms with Crippen LogP contribution in [0.1, 0.15) is 31.9 Å². The molecule has 158 valence electrons. The molecular formula is C22H27N5O3. The van der Waals surface area contributed by atoms with Crippen molar-refractivity contribution in [1.29, 1.82) is 10.7 Å². The van der Waals surface area contributed by atoms with E-state index < -0.39 is 6.04 Å². The van der Waals surface area contributed by atoms with Gasteiger partial charge in [-0.25, -0.2) is 0 Å². The number of aryl methyl sites for hydroxylation is 1. The zero-order chi connectivity index (χ0) is 22.8. The van der Waals surface area contributed by atoms with Gasteiger partial charge in [-0.1, -0.05) is 12.6 Å². The topological polar surface area (TPSA) is 138 Å². The number of hydrogen-bond donors (Lipinski definition) is 3. The summed E-state index contributed by atoms with van der Waals surface area (Å²) in [6.45, 7) is 10.5. The van der Waals surface area contributed by atoms with E-state index >= 15 is 0 Å². The van der Waals surface area contributed by atoms with E-state index in [4.69, 9.17) is 25.9 Å². The van der Waals surface area contributed by atoms with Crippen LogP contribution in [0.2, 0.25) is 0 Å². The first kappa shape index (κ1) is 24.2. The zero-order valence-electron chi connectivity index (χ0n) is 17.9. The van der Waals surface area contributed by atoms with E-state index in [9.17, 15) is 5.11 Å². The number of pyridine rings is 1. The Hall–Kier alpha value is -3.86. The van der Waals surface area contributed by atoms with Crippen molar-refractivity contribution < 1.29 is 14.6 Å². The normalized spacial score (nSPS) is 11.4. The highest BCUT2D eigenvalue weighted by Crippen LogP contribution is 2.36. The lowest BCUT2D eigenvalue weighted by Crippen LogP contribution is -2.19. The van der Waals surface area contributed by atoms with Crippen molar-refractivity contribution >= 4 is 11.5 Å². The number of methoxy groups -OCH3 is 1. The number of aromatic nitrogens is 1. The summed E-state index contributed by atoms with van der Waals surface area (Å²) < 4.78 is 10.4. The van der Waals surface area contributed by atoms with Gasteiger partial charge < -0.3 is 25.7 Å². The van der Waals surface area contributed by atoms with E-state index in [0.29, 0.717) is 22.7 Å². The van der Waals surface area contributed by atoms with Gasteiger partial charge in [-0.05, 0) is 51.5 Å². The van der Waals surface area contributed by atoms with Crippen LogP contribution in [0.3, 0.4) is 0 Å². The molecule has 2 rings (SSSR count). The van der Waals surface area contributed by atoms with E-state index in [2.05, 4.69) is 16.6 Å². The molecule has 0 aliphatic rings. The Bertz CT molecular complexity index is 972. The third-order valence-electron chi connectivity index (χ3n) is 3.72. The molecule has 0 radical (unpaired) electrons. The van der Waals surface area contributed by atoms with Crippen LogP contribution in [0.4, 0.5) is 0 Å². The SMILES string of the molecule is C=C(O)C(C)N=C(N)c1cc(-c2ccc(C)cn2)cc(OC)c1OC#N.CC(C)=N. The molecule has 30 heavy (non-hydrogen) atoms. The maximum Gasteiger partial charge on any atom is 0.292 e. The molecule has 2 aromatic rings. The molecule has 1 heterocycles. The number of aliphatic hydroxyl groups is 1. The Kier molecular flexibility index (Phi) is 9.04. The number of benzene rings is 1. The minimum Gasteiger partial charge on any atom is -0.511 e. The monoisotopic (exact) mass is 409 g/mol. The standard InChI is InChI=1S/C19H20N4O3.C3H7N/c1-11-5-6-16(22-9-11)14-7-15(19(21)23-12(2)13(3)24)18(26-10-20)17(8-14)25-4;1-3(2)4/h5-9,12,24H,3H2,1-2,4H3,(H2,21,23);4H,1-2H3. The molecule has 0 spiro atoms. The fraction of sp³-hybridized carbons (Fsp3) is 0.273. The molecule has 0 amide bonds. The van der Waals surface area contributed by atoms with Crippen molar-refractivity contribution in [2.45, 2.75) is 33.7 Å². The first-order valence-corrected chi connectivity index (χ1v) is 9.04. The second-order valence-corrected chi connectivity index (χ2v) is 6.65. The number of rotatable bonds is 6. The second-order valence-electron chi connectivity index (χ2n) is 6.65. The Morgan fingerprint density at radius 2 is 2.00 bits per heavy atom. The van der Waals surface area contributed by atoms with Gasteiger partial charge in [0.25, 0.3) is 6.26 Å². The van der Waals surface area contributed by atoms with E-state index in [1.54, 1.807) is 45.4 Å². The van der Waals surface area contributed by atoms with Crippen LogP contribution in [0.15, 0.2) is 47.8 Å². The van der Waals surface area contributed by atoms with Crippen LogP contribution in [-0.4, -0.2) is 34.8 Å². The molecule has 0 saturated carbocycles. The minimum atomic E-state index is -0.614. The first-order chi connectivity index (χ1) is 14.1. The first-order valence-electron chi connectivity index (χ1n) is 9.04. The van der Waals surface area contributed by atoms with Gasteiger partial charge in [-0.15, -0.1) is 5.26 Å². The summed E-state index contributed by atoms with van der Waals surface area (Å²) in [5, 5.41) is 24.9. The molecule has 0 saturated heterocycles. The quantitative estimate of drug-likeness (QED) is 0.284. The smallest absolute Gasteiger partial charge is 0.292 e. The Balaban J connectivity index is 0.00000103. The van der Waals surface area contributed by atoms with Crippen molar-refractivity contribution in [2.75, 3.05) is 7.11 Å². The summed E-state index contributed by atoms with van der Waals surface area (Å²) in [4.78, 5) is 8.59. The third-order valence-corrected chi connectivity index (χ3v) is 3.72. The van der Waals surface area contributed by atoms with Gasteiger partial charge >= 0.3 is 0 Å². The average Bonchev–Trinajstić information content (AvgIpc) is 2.68. The molecule has 1 aromatic heterocycles. The lowest BCUT2D eigenvalue weighted by atomic mass is 10.0. The molecule has 8 heteroatoms. The fourth-order valence-electron chi connectivity index (χ4n) is 2.23. The van der Waals surface area contributed by atoms with Gasteiger partial charge in [0, 0.05) is 17.5 Å². The van der Waals surface area contributed by atoms with E-state index in [0.717, 1.165) is 11.1 Å². The van der Waals surface area contributed by atoms with Crippen LogP contribution in [0, 0.1) is 23.9 Å². The minimum absolute atomic E-state index is 0.0743. The third kappa shape index (κ3) is 6.95. The predicted molar refractivity (Wildman–Crippen MR) is 118 cm³/mol. The molecule has 8 nitrogen and oxygen atoms in total. The van der Waals surface area contributed by atoms with Gasteiger partial charge in [0.2, 0.25) is 0 Å². The maximum atomic E-state index is 9.47. The van der Waals surface area contributed by atoms with Crippen molar-refractivity contribution in [1.82, 2.24) is 4.98 Å². The second kappa shape index (κ2) is 11.2. The van der Waals surface area contributed by atoms with Gasteiger partial charge in [0.15, 0.2) is 11.5 Å². The van der Waals surface area contributed by atoms with E-state index in [1.165, 1.54) is 7.11 Å². The van der Waals surface area contributed by atoms with Crippen LogP contribution >= 0.6 is 0 Å². The van der Waals surface area contributed by atoms with Crippen LogP contribution in [-0.2, 0) is 0 Å². The van der Waals surface area contributed by atoms with Crippen LogP contribution in [0.5, 0.6) is 11.5 Å². The van der Waals surface area contributed by atoms with E-state index in [-0.39, 0.29) is 17.3 Å². The molecule has 1 aromatic carbocycles. The lowest BCUT2D eigenvalue weighted by Gasteiger charge is -2.14. The highest BCUT2D eigenvalue weighted by Gasteiger charge is 2.19. The molecule has 0 aliphatic carbocycles. The largest absolute Gasteiger partial charge is 0.511 e.